The standard InChI is InChI=1S/C13H21NO3S/c1-3-11-6-7-13(12(14)10-11)17-8-5-9-18(15,16)4-2/h6-7,10H,3-5,8-9,14H2,1-2H3. The molecule has 0 unspecified atom stereocenters. The summed E-state index contributed by atoms with van der Waals surface area (Å²) in [6.45, 7) is 4.08. The van der Waals surface area contributed by atoms with Gasteiger partial charge in [0.05, 0.1) is 18.0 Å². The number of sulfone groups is 1. The lowest BCUT2D eigenvalue weighted by Gasteiger charge is -2.09. The van der Waals surface area contributed by atoms with E-state index >= 15 is 0 Å². The summed E-state index contributed by atoms with van der Waals surface area (Å²) in [5.41, 5.74) is 7.61. The molecule has 0 heterocycles. The van der Waals surface area contributed by atoms with Crippen LogP contribution in [0, 0.1) is 0 Å². The van der Waals surface area contributed by atoms with Gasteiger partial charge in [-0.15, -0.1) is 0 Å². The summed E-state index contributed by atoms with van der Waals surface area (Å²) in [6, 6.07) is 5.69. The van der Waals surface area contributed by atoms with E-state index in [4.69, 9.17) is 10.5 Å². The Labute approximate surface area is 109 Å². The van der Waals surface area contributed by atoms with Crippen LogP contribution >= 0.6 is 0 Å². The molecule has 0 aliphatic carbocycles. The normalized spacial score (nSPS) is 11.4. The van der Waals surface area contributed by atoms with Crippen LogP contribution in [0.4, 0.5) is 5.69 Å². The number of nitrogens with two attached hydrogens (primary N) is 1. The minimum absolute atomic E-state index is 0.163. The maximum atomic E-state index is 11.3. The van der Waals surface area contributed by atoms with Crippen LogP contribution in [0.2, 0.25) is 0 Å². The van der Waals surface area contributed by atoms with E-state index in [0.29, 0.717) is 24.5 Å². The Morgan fingerprint density at radius 2 is 2.00 bits per heavy atom. The molecule has 0 bridgehead atoms. The molecule has 1 rings (SSSR count). The number of hydrogen-bond acceptors (Lipinski definition) is 4. The SMILES string of the molecule is CCc1ccc(OCCCS(=O)(=O)CC)c(N)c1. The number of hydrogen-bond donors (Lipinski definition) is 1. The van der Waals surface area contributed by atoms with Crippen LogP contribution in [-0.2, 0) is 16.3 Å². The fraction of sp³-hybridized carbons (Fsp3) is 0.538. The van der Waals surface area contributed by atoms with Crippen molar-refractivity contribution in [3.8, 4) is 5.75 Å². The molecule has 0 fully saturated rings. The first-order chi connectivity index (χ1) is 8.48. The van der Waals surface area contributed by atoms with Gasteiger partial charge in [0.15, 0.2) is 0 Å². The third-order valence-electron chi connectivity index (χ3n) is 2.78. The first-order valence-corrected chi connectivity index (χ1v) is 8.02. The van der Waals surface area contributed by atoms with E-state index in [1.165, 1.54) is 0 Å². The highest BCUT2D eigenvalue weighted by molar-refractivity contribution is 7.91. The molecular weight excluding hydrogens is 250 g/mol. The summed E-state index contributed by atoms with van der Waals surface area (Å²) in [6.07, 6.45) is 1.42. The molecule has 0 saturated carbocycles. The summed E-state index contributed by atoms with van der Waals surface area (Å²) < 4.78 is 28.0. The predicted molar refractivity (Wildman–Crippen MR) is 74.7 cm³/mol. The summed E-state index contributed by atoms with van der Waals surface area (Å²) in [5, 5.41) is 0. The van der Waals surface area contributed by atoms with E-state index in [1.807, 2.05) is 18.2 Å². The van der Waals surface area contributed by atoms with Crippen molar-refractivity contribution in [1.82, 2.24) is 0 Å². The molecule has 0 spiro atoms. The average molecular weight is 271 g/mol. The minimum Gasteiger partial charge on any atom is -0.491 e. The molecule has 0 aromatic heterocycles. The first-order valence-electron chi connectivity index (χ1n) is 6.20. The third kappa shape index (κ3) is 4.56. The molecule has 0 aliphatic rings. The van der Waals surface area contributed by atoms with Crippen LogP contribution in [0.25, 0.3) is 0 Å². The Kier molecular flexibility index (Phi) is 5.47. The molecule has 1 aromatic rings. The van der Waals surface area contributed by atoms with Gasteiger partial charge in [0.25, 0.3) is 0 Å². The highest BCUT2D eigenvalue weighted by atomic mass is 32.2. The van der Waals surface area contributed by atoms with E-state index in [1.54, 1.807) is 6.92 Å². The lowest BCUT2D eigenvalue weighted by molar-refractivity contribution is 0.319. The van der Waals surface area contributed by atoms with E-state index in [-0.39, 0.29) is 11.5 Å². The van der Waals surface area contributed by atoms with Gasteiger partial charge in [0.1, 0.15) is 15.6 Å². The molecule has 2 N–H and O–H groups in total. The van der Waals surface area contributed by atoms with Crippen LogP contribution < -0.4 is 10.5 Å². The van der Waals surface area contributed by atoms with Crippen molar-refractivity contribution in [2.45, 2.75) is 26.7 Å². The van der Waals surface area contributed by atoms with Gasteiger partial charge in [0, 0.05) is 5.75 Å². The second-order valence-corrected chi connectivity index (χ2v) is 6.64. The van der Waals surface area contributed by atoms with E-state index in [0.717, 1.165) is 12.0 Å². The summed E-state index contributed by atoms with van der Waals surface area (Å²) in [5.74, 6) is 0.970. The molecule has 0 radical (unpaired) electrons. The maximum Gasteiger partial charge on any atom is 0.150 e. The van der Waals surface area contributed by atoms with Crippen molar-refractivity contribution in [2.24, 2.45) is 0 Å². The summed E-state index contributed by atoms with van der Waals surface area (Å²) in [7, 11) is -2.91. The number of rotatable bonds is 7. The lowest BCUT2D eigenvalue weighted by Crippen LogP contribution is -2.12. The zero-order valence-corrected chi connectivity index (χ0v) is 11.8. The molecule has 0 amide bonds. The van der Waals surface area contributed by atoms with Gasteiger partial charge in [-0.1, -0.05) is 19.9 Å². The van der Waals surface area contributed by atoms with Gasteiger partial charge in [-0.2, -0.15) is 0 Å². The van der Waals surface area contributed by atoms with E-state index < -0.39 is 9.84 Å². The van der Waals surface area contributed by atoms with Crippen molar-refractivity contribution < 1.29 is 13.2 Å². The maximum absolute atomic E-state index is 11.3. The molecule has 0 aliphatic heterocycles. The Hall–Kier alpha value is -1.23. The van der Waals surface area contributed by atoms with Gasteiger partial charge in [0.2, 0.25) is 0 Å². The Morgan fingerprint density at radius 1 is 1.28 bits per heavy atom. The number of ether oxygens (including phenoxy) is 1. The molecule has 1 aromatic carbocycles. The zero-order chi connectivity index (χ0) is 13.6. The molecule has 5 heteroatoms. The minimum atomic E-state index is -2.91. The number of nitrogen functional groups attached to an aromatic ring is 1. The second kappa shape index (κ2) is 6.64. The van der Waals surface area contributed by atoms with Crippen molar-refractivity contribution in [3.63, 3.8) is 0 Å². The lowest BCUT2D eigenvalue weighted by atomic mass is 10.1. The topological polar surface area (TPSA) is 69.4 Å². The van der Waals surface area contributed by atoms with Gasteiger partial charge in [-0.25, -0.2) is 8.42 Å². The van der Waals surface area contributed by atoms with Crippen LogP contribution in [-0.4, -0.2) is 26.5 Å². The van der Waals surface area contributed by atoms with Gasteiger partial charge in [-0.05, 0) is 30.5 Å². The summed E-state index contributed by atoms with van der Waals surface area (Å²) >= 11 is 0. The Morgan fingerprint density at radius 3 is 2.56 bits per heavy atom. The molecule has 0 atom stereocenters. The molecule has 0 saturated heterocycles. The van der Waals surface area contributed by atoms with Gasteiger partial charge < -0.3 is 10.5 Å². The Bertz CT molecular complexity index is 483. The average Bonchev–Trinajstić information content (AvgIpc) is 2.36. The third-order valence-corrected chi connectivity index (χ3v) is 4.57. The largest absolute Gasteiger partial charge is 0.491 e. The number of anilines is 1. The van der Waals surface area contributed by atoms with Crippen LogP contribution in [0.1, 0.15) is 25.8 Å². The van der Waals surface area contributed by atoms with Gasteiger partial charge in [-0.3, -0.25) is 0 Å². The van der Waals surface area contributed by atoms with Crippen LogP contribution in [0.15, 0.2) is 18.2 Å². The highest BCUT2D eigenvalue weighted by Crippen LogP contribution is 2.22. The van der Waals surface area contributed by atoms with Crippen molar-refractivity contribution in [2.75, 3.05) is 23.8 Å². The number of benzene rings is 1. The molecule has 18 heavy (non-hydrogen) atoms. The van der Waals surface area contributed by atoms with Crippen LogP contribution in [0.3, 0.4) is 0 Å². The molecule has 4 nitrogen and oxygen atoms in total. The Balaban J connectivity index is 2.45. The molecule has 102 valence electrons. The van der Waals surface area contributed by atoms with Gasteiger partial charge >= 0.3 is 0 Å². The van der Waals surface area contributed by atoms with Crippen molar-refractivity contribution >= 4 is 15.5 Å². The highest BCUT2D eigenvalue weighted by Gasteiger charge is 2.07. The zero-order valence-electron chi connectivity index (χ0n) is 11.0. The monoisotopic (exact) mass is 271 g/mol. The van der Waals surface area contributed by atoms with E-state index in [9.17, 15) is 8.42 Å². The fourth-order valence-electron chi connectivity index (χ4n) is 1.55. The fourth-order valence-corrected chi connectivity index (χ4v) is 2.40. The van der Waals surface area contributed by atoms with Crippen LogP contribution in [0.5, 0.6) is 5.75 Å². The molecular formula is C13H21NO3S. The van der Waals surface area contributed by atoms with E-state index in [2.05, 4.69) is 6.92 Å². The summed E-state index contributed by atoms with van der Waals surface area (Å²) in [4.78, 5) is 0. The second-order valence-electron chi connectivity index (χ2n) is 4.16. The van der Waals surface area contributed by atoms with Crippen molar-refractivity contribution in [1.29, 1.82) is 0 Å². The predicted octanol–water partition coefficient (Wildman–Crippen LogP) is 2.03. The van der Waals surface area contributed by atoms with Crippen molar-refractivity contribution in [3.05, 3.63) is 23.8 Å². The quantitative estimate of drug-likeness (QED) is 0.608. The number of aryl methyl sites for hydroxylation is 1. The first kappa shape index (κ1) is 14.8. The smallest absolute Gasteiger partial charge is 0.150 e.